The Morgan fingerprint density at radius 3 is 2.27 bits per heavy atom. The van der Waals surface area contributed by atoms with Crippen molar-refractivity contribution in [3.8, 4) is 0 Å². The second-order valence-electron chi connectivity index (χ2n) is 6.65. The van der Waals surface area contributed by atoms with Gasteiger partial charge in [-0.3, -0.25) is 9.59 Å². The van der Waals surface area contributed by atoms with Gasteiger partial charge in [0.2, 0.25) is 5.91 Å². The van der Waals surface area contributed by atoms with Gasteiger partial charge in [0.1, 0.15) is 0 Å². The lowest BCUT2D eigenvalue weighted by molar-refractivity contribution is -0.138. The molecule has 1 amide bonds. The number of likely N-dealkylation sites (tertiary alicyclic amines) is 1. The topological polar surface area (TPSA) is 57.6 Å². The number of hydrogen-bond donors (Lipinski definition) is 1. The number of benzene rings is 1. The number of amides is 1. The number of carbonyl (C=O) groups is 2. The summed E-state index contributed by atoms with van der Waals surface area (Å²) < 4.78 is 0. The van der Waals surface area contributed by atoms with E-state index in [0.717, 1.165) is 25.1 Å². The van der Waals surface area contributed by atoms with E-state index in [1.54, 1.807) is 0 Å². The fourth-order valence-corrected chi connectivity index (χ4v) is 3.45. The molecule has 0 aliphatic carbocycles. The molecule has 1 fully saturated rings. The molecule has 1 aromatic carbocycles. The van der Waals surface area contributed by atoms with Gasteiger partial charge in [0.05, 0.1) is 6.42 Å². The van der Waals surface area contributed by atoms with Crippen LogP contribution in [0.25, 0.3) is 0 Å². The molecular weight excluding hydrogens is 278 g/mol. The van der Waals surface area contributed by atoms with E-state index in [1.807, 2.05) is 35.2 Å². The second kappa shape index (κ2) is 7.43. The van der Waals surface area contributed by atoms with E-state index in [9.17, 15) is 9.59 Å². The van der Waals surface area contributed by atoms with E-state index >= 15 is 0 Å². The highest BCUT2D eigenvalue weighted by atomic mass is 16.4. The molecule has 0 saturated carbocycles. The van der Waals surface area contributed by atoms with Crippen molar-refractivity contribution >= 4 is 11.9 Å². The van der Waals surface area contributed by atoms with Crippen molar-refractivity contribution in [1.82, 2.24) is 4.90 Å². The summed E-state index contributed by atoms with van der Waals surface area (Å²) in [5, 5.41) is 9.13. The summed E-state index contributed by atoms with van der Waals surface area (Å²) in [5.74, 6) is -0.000951. The smallest absolute Gasteiger partial charge is 0.303 e. The molecule has 0 radical (unpaired) electrons. The number of rotatable bonds is 5. The molecule has 22 heavy (non-hydrogen) atoms. The Bertz CT molecular complexity index is 504. The van der Waals surface area contributed by atoms with Crippen molar-refractivity contribution in [2.24, 2.45) is 11.8 Å². The molecular formula is C18H25NO3. The number of aliphatic carboxylic acids is 1. The molecule has 1 saturated heterocycles. The minimum Gasteiger partial charge on any atom is -0.481 e. The third kappa shape index (κ3) is 4.58. The SMILES string of the molecule is C[C@@H]1C[C@H](C)CN(C(=O)C[C@@H](CC(=O)O)c2ccccc2)C1. The standard InChI is InChI=1S/C18H25NO3/c1-13-8-14(2)12-19(11-13)17(20)9-16(10-18(21)22)15-6-4-3-5-7-15/h3-7,13-14,16H,8-12H2,1-2H3,(H,21,22)/t13-,14+,16-/m0/s1. The summed E-state index contributed by atoms with van der Waals surface area (Å²) in [5.41, 5.74) is 0.927. The Kier molecular flexibility index (Phi) is 5.58. The largest absolute Gasteiger partial charge is 0.481 e. The number of hydrogen-bond acceptors (Lipinski definition) is 2. The first kappa shape index (κ1) is 16.5. The van der Waals surface area contributed by atoms with Gasteiger partial charge in [0.25, 0.3) is 0 Å². The van der Waals surface area contributed by atoms with Crippen LogP contribution in [0.2, 0.25) is 0 Å². The van der Waals surface area contributed by atoms with Crippen LogP contribution in [0.15, 0.2) is 30.3 Å². The lowest BCUT2D eigenvalue weighted by Crippen LogP contribution is -2.43. The number of piperidine rings is 1. The quantitative estimate of drug-likeness (QED) is 0.909. The number of carboxylic acid groups (broad SMARTS) is 1. The number of carboxylic acids is 1. The van der Waals surface area contributed by atoms with Gasteiger partial charge in [-0.25, -0.2) is 0 Å². The summed E-state index contributed by atoms with van der Waals surface area (Å²) >= 11 is 0. The van der Waals surface area contributed by atoms with E-state index in [0.29, 0.717) is 11.8 Å². The maximum atomic E-state index is 12.6. The number of nitrogens with zero attached hydrogens (tertiary/aromatic N) is 1. The third-order valence-electron chi connectivity index (χ3n) is 4.33. The molecule has 0 aromatic heterocycles. The molecule has 4 nitrogen and oxygen atoms in total. The van der Waals surface area contributed by atoms with Crippen LogP contribution >= 0.6 is 0 Å². The van der Waals surface area contributed by atoms with Crippen LogP contribution < -0.4 is 0 Å². The first-order valence-electron chi connectivity index (χ1n) is 8.00. The fraction of sp³-hybridized carbons (Fsp3) is 0.556. The van der Waals surface area contributed by atoms with Gasteiger partial charge in [-0.2, -0.15) is 0 Å². The van der Waals surface area contributed by atoms with Crippen LogP contribution in [-0.2, 0) is 9.59 Å². The highest BCUT2D eigenvalue weighted by Gasteiger charge is 2.28. The average Bonchev–Trinajstić information content (AvgIpc) is 2.46. The third-order valence-corrected chi connectivity index (χ3v) is 4.33. The van der Waals surface area contributed by atoms with Gasteiger partial charge < -0.3 is 10.0 Å². The minimum atomic E-state index is -0.859. The first-order valence-corrected chi connectivity index (χ1v) is 8.00. The lowest BCUT2D eigenvalue weighted by Gasteiger charge is -2.35. The van der Waals surface area contributed by atoms with Crippen LogP contribution in [0, 0.1) is 11.8 Å². The van der Waals surface area contributed by atoms with Gasteiger partial charge in [0.15, 0.2) is 0 Å². The Morgan fingerprint density at radius 1 is 1.14 bits per heavy atom. The van der Waals surface area contributed by atoms with Crippen molar-refractivity contribution in [2.45, 2.75) is 39.0 Å². The predicted octanol–water partition coefficient (Wildman–Crippen LogP) is 3.14. The summed E-state index contributed by atoms with van der Waals surface area (Å²) in [7, 11) is 0. The minimum absolute atomic E-state index is 0.00526. The van der Waals surface area contributed by atoms with Crippen LogP contribution in [0.1, 0.15) is 44.6 Å². The maximum absolute atomic E-state index is 12.6. The molecule has 1 N–H and O–H groups in total. The maximum Gasteiger partial charge on any atom is 0.303 e. The molecule has 1 heterocycles. The van der Waals surface area contributed by atoms with Crippen molar-refractivity contribution in [3.63, 3.8) is 0 Å². The predicted molar refractivity (Wildman–Crippen MR) is 85.6 cm³/mol. The Balaban J connectivity index is 2.06. The molecule has 1 aromatic rings. The van der Waals surface area contributed by atoms with Gasteiger partial charge >= 0.3 is 5.97 Å². The molecule has 2 rings (SSSR count). The van der Waals surface area contributed by atoms with Crippen LogP contribution in [0.5, 0.6) is 0 Å². The molecule has 1 aliphatic rings. The lowest BCUT2D eigenvalue weighted by atomic mass is 9.89. The molecule has 0 spiro atoms. The molecule has 4 heteroatoms. The average molecular weight is 303 g/mol. The summed E-state index contributed by atoms with van der Waals surface area (Å²) in [6.07, 6.45) is 1.42. The van der Waals surface area contributed by atoms with Crippen LogP contribution in [-0.4, -0.2) is 35.0 Å². The first-order chi connectivity index (χ1) is 10.5. The van der Waals surface area contributed by atoms with Gasteiger partial charge in [-0.05, 0) is 23.8 Å². The zero-order valence-corrected chi connectivity index (χ0v) is 13.4. The van der Waals surface area contributed by atoms with E-state index in [1.165, 1.54) is 0 Å². The van der Waals surface area contributed by atoms with Gasteiger partial charge in [-0.1, -0.05) is 44.2 Å². The summed E-state index contributed by atoms with van der Waals surface area (Å²) in [4.78, 5) is 25.6. The molecule has 1 aliphatic heterocycles. The monoisotopic (exact) mass is 303 g/mol. The molecule has 0 bridgehead atoms. The fourth-order valence-electron chi connectivity index (χ4n) is 3.45. The Morgan fingerprint density at radius 2 is 1.73 bits per heavy atom. The van der Waals surface area contributed by atoms with Crippen molar-refractivity contribution < 1.29 is 14.7 Å². The Hall–Kier alpha value is -1.84. The van der Waals surface area contributed by atoms with E-state index in [2.05, 4.69) is 13.8 Å². The van der Waals surface area contributed by atoms with E-state index in [4.69, 9.17) is 5.11 Å². The highest BCUT2D eigenvalue weighted by molar-refractivity contribution is 5.78. The highest BCUT2D eigenvalue weighted by Crippen LogP contribution is 2.27. The number of carbonyl (C=O) groups excluding carboxylic acids is 1. The van der Waals surface area contributed by atoms with Gasteiger partial charge in [0, 0.05) is 25.4 Å². The molecule has 120 valence electrons. The van der Waals surface area contributed by atoms with Crippen molar-refractivity contribution in [1.29, 1.82) is 0 Å². The zero-order valence-electron chi connectivity index (χ0n) is 13.4. The van der Waals surface area contributed by atoms with E-state index in [-0.39, 0.29) is 24.7 Å². The van der Waals surface area contributed by atoms with Crippen LogP contribution in [0.4, 0.5) is 0 Å². The summed E-state index contributed by atoms with van der Waals surface area (Å²) in [6, 6.07) is 9.49. The van der Waals surface area contributed by atoms with Crippen molar-refractivity contribution in [2.75, 3.05) is 13.1 Å². The van der Waals surface area contributed by atoms with E-state index < -0.39 is 5.97 Å². The zero-order chi connectivity index (χ0) is 16.1. The normalized spacial score (nSPS) is 23.1. The molecule has 3 atom stereocenters. The summed E-state index contributed by atoms with van der Waals surface area (Å²) in [6.45, 7) is 5.92. The van der Waals surface area contributed by atoms with Crippen molar-refractivity contribution in [3.05, 3.63) is 35.9 Å². The van der Waals surface area contributed by atoms with Crippen LogP contribution in [0.3, 0.4) is 0 Å². The van der Waals surface area contributed by atoms with Gasteiger partial charge in [-0.15, -0.1) is 0 Å². The second-order valence-corrected chi connectivity index (χ2v) is 6.65. The Labute approximate surface area is 132 Å². The molecule has 0 unspecified atom stereocenters.